The first kappa shape index (κ1) is 13.7. The Labute approximate surface area is 105 Å². The summed E-state index contributed by atoms with van der Waals surface area (Å²) < 4.78 is 6.16. The summed E-state index contributed by atoms with van der Waals surface area (Å²) in [6, 6.07) is 0. The summed E-state index contributed by atoms with van der Waals surface area (Å²) in [6.45, 7) is 7.00. The van der Waals surface area contributed by atoms with Gasteiger partial charge in [-0.25, -0.2) is 4.68 Å². The molecule has 0 saturated carbocycles. The van der Waals surface area contributed by atoms with Crippen molar-refractivity contribution >= 4 is 17.3 Å². The van der Waals surface area contributed by atoms with Gasteiger partial charge < -0.3 is 10.1 Å². The van der Waals surface area contributed by atoms with Crippen molar-refractivity contribution in [3.8, 4) is 0 Å². The number of methoxy groups -OCH3 is 1. The minimum Gasteiger partial charge on any atom is -0.383 e. The highest BCUT2D eigenvalue weighted by Gasteiger charge is 2.08. The third-order valence-corrected chi connectivity index (χ3v) is 2.44. The zero-order valence-electron chi connectivity index (χ0n) is 9.99. The average molecular weight is 258 g/mol. The van der Waals surface area contributed by atoms with E-state index in [9.17, 15) is 4.79 Å². The van der Waals surface area contributed by atoms with Crippen LogP contribution in [0.4, 0.5) is 5.69 Å². The predicted molar refractivity (Wildman–Crippen MR) is 68.7 cm³/mol. The number of rotatable bonds is 6. The molecular formula is C11H16ClN3O2. The van der Waals surface area contributed by atoms with Gasteiger partial charge in [-0.15, -0.1) is 0 Å². The molecule has 0 aliphatic rings. The van der Waals surface area contributed by atoms with Crippen LogP contribution in [0.15, 0.2) is 23.1 Å². The van der Waals surface area contributed by atoms with Gasteiger partial charge in [0.05, 0.1) is 25.0 Å². The van der Waals surface area contributed by atoms with Crippen molar-refractivity contribution in [3.63, 3.8) is 0 Å². The summed E-state index contributed by atoms with van der Waals surface area (Å²) >= 11 is 5.95. The van der Waals surface area contributed by atoms with Gasteiger partial charge in [0, 0.05) is 13.7 Å². The molecular weight excluding hydrogens is 242 g/mol. The van der Waals surface area contributed by atoms with E-state index in [1.54, 1.807) is 7.11 Å². The Kier molecular flexibility index (Phi) is 5.18. The largest absolute Gasteiger partial charge is 0.383 e. The number of hydrogen-bond donors (Lipinski definition) is 1. The third-order valence-electron chi connectivity index (χ3n) is 2.07. The van der Waals surface area contributed by atoms with Crippen LogP contribution in [0.5, 0.6) is 0 Å². The van der Waals surface area contributed by atoms with Crippen LogP contribution in [-0.4, -0.2) is 30.0 Å². The van der Waals surface area contributed by atoms with Gasteiger partial charge in [0.1, 0.15) is 5.02 Å². The van der Waals surface area contributed by atoms with Gasteiger partial charge in [-0.3, -0.25) is 4.79 Å². The zero-order valence-corrected chi connectivity index (χ0v) is 10.8. The molecule has 0 unspecified atom stereocenters. The molecule has 0 aromatic carbocycles. The molecule has 0 amide bonds. The fourth-order valence-electron chi connectivity index (χ4n) is 1.17. The molecule has 17 heavy (non-hydrogen) atoms. The monoisotopic (exact) mass is 257 g/mol. The summed E-state index contributed by atoms with van der Waals surface area (Å²) in [5.74, 6) is 0. The molecule has 1 N–H and O–H groups in total. The second-order valence-corrected chi connectivity index (χ2v) is 4.08. The lowest BCUT2D eigenvalue weighted by Gasteiger charge is -2.09. The van der Waals surface area contributed by atoms with Crippen molar-refractivity contribution in [2.45, 2.75) is 13.5 Å². The van der Waals surface area contributed by atoms with Crippen molar-refractivity contribution in [1.82, 2.24) is 9.78 Å². The Hall–Kier alpha value is -1.33. The zero-order chi connectivity index (χ0) is 12.8. The van der Waals surface area contributed by atoms with Crippen LogP contribution >= 0.6 is 11.6 Å². The molecule has 0 aliphatic carbocycles. The van der Waals surface area contributed by atoms with E-state index in [1.807, 2.05) is 6.92 Å². The van der Waals surface area contributed by atoms with Crippen LogP contribution < -0.4 is 10.9 Å². The van der Waals surface area contributed by atoms with Crippen LogP contribution in [0.25, 0.3) is 0 Å². The van der Waals surface area contributed by atoms with Gasteiger partial charge in [0.2, 0.25) is 0 Å². The highest BCUT2D eigenvalue weighted by atomic mass is 35.5. The third kappa shape index (κ3) is 3.87. The van der Waals surface area contributed by atoms with Crippen molar-refractivity contribution in [3.05, 3.63) is 33.7 Å². The van der Waals surface area contributed by atoms with Gasteiger partial charge in [-0.2, -0.15) is 5.10 Å². The Morgan fingerprint density at radius 1 is 1.71 bits per heavy atom. The Morgan fingerprint density at radius 3 is 3.00 bits per heavy atom. The number of halogens is 1. The second kappa shape index (κ2) is 6.42. The summed E-state index contributed by atoms with van der Waals surface area (Å²) in [5.41, 5.74) is 1.15. The van der Waals surface area contributed by atoms with Crippen molar-refractivity contribution in [2.24, 2.45) is 0 Å². The van der Waals surface area contributed by atoms with Gasteiger partial charge in [-0.1, -0.05) is 23.8 Å². The standard InChI is InChI=1S/C11H16ClN3O2/c1-8(2)6-13-9-7-14-15(4-5-17-3)11(16)10(9)12/h7,13H,1,4-6H2,2-3H3. The molecule has 94 valence electrons. The van der Waals surface area contributed by atoms with E-state index >= 15 is 0 Å². The maximum absolute atomic E-state index is 11.8. The van der Waals surface area contributed by atoms with Crippen molar-refractivity contribution < 1.29 is 4.74 Å². The Bertz CT molecular complexity index is 457. The molecule has 5 nitrogen and oxygen atoms in total. The van der Waals surface area contributed by atoms with Gasteiger partial charge in [0.25, 0.3) is 5.56 Å². The molecule has 1 aromatic rings. The Balaban J connectivity index is 2.86. The summed E-state index contributed by atoms with van der Waals surface area (Å²) in [5, 5.41) is 7.14. The SMILES string of the molecule is C=C(C)CNc1cnn(CCOC)c(=O)c1Cl. The molecule has 0 atom stereocenters. The van der Waals surface area contributed by atoms with Crippen LogP contribution in [0.1, 0.15) is 6.92 Å². The van der Waals surface area contributed by atoms with E-state index in [-0.39, 0.29) is 10.6 Å². The van der Waals surface area contributed by atoms with Crippen LogP contribution in [-0.2, 0) is 11.3 Å². The van der Waals surface area contributed by atoms with Gasteiger partial charge in [0.15, 0.2) is 0 Å². The lowest BCUT2D eigenvalue weighted by Crippen LogP contribution is -2.26. The average Bonchev–Trinajstić information content (AvgIpc) is 2.29. The quantitative estimate of drug-likeness (QED) is 0.786. The van der Waals surface area contributed by atoms with E-state index in [2.05, 4.69) is 17.0 Å². The number of anilines is 1. The minimum absolute atomic E-state index is 0.136. The Morgan fingerprint density at radius 2 is 2.41 bits per heavy atom. The molecule has 1 heterocycles. The van der Waals surface area contributed by atoms with Crippen LogP contribution in [0.3, 0.4) is 0 Å². The number of ether oxygens (including phenoxy) is 1. The summed E-state index contributed by atoms with van der Waals surface area (Å²) in [7, 11) is 1.56. The van der Waals surface area contributed by atoms with E-state index in [4.69, 9.17) is 16.3 Å². The molecule has 0 saturated heterocycles. The van der Waals surface area contributed by atoms with Gasteiger partial charge >= 0.3 is 0 Å². The molecule has 1 rings (SSSR count). The van der Waals surface area contributed by atoms with E-state index in [0.717, 1.165) is 5.57 Å². The fourth-order valence-corrected chi connectivity index (χ4v) is 1.38. The molecule has 6 heteroatoms. The number of hydrogen-bond acceptors (Lipinski definition) is 4. The summed E-state index contributed by atoms with van der Waals surface area (Å²) in [6.07, 6.45) is 1.53. The first-order valence-electron chi connectivity index (χ1n) is 5.19. The predicted octanol–water partition coefficient (Wildman–Crippen LogP) is 1.53. The molecule has 0 bridgehead atoms. The maximum atomic E-state index is 11.8. The van der Waals surface area contributed by atoms with Crippen LogP contribution in [0.2, 0.25) is 5.02 Å². The summed E-state index contributed by atoms with van der Waals surface area (Å²) in [4.78, 5) is 11.8. The molecule has 0 fully saturated rings. The molecule has 0 aliphatic heterocycles. The lowest BCUT2D eigenvalue weighted by molar-refractivity contribution is 0.182. The van der Waals surface area contributed by atoms with Crippen LogP contribution in [0, 0.1) is 0 Å². The topological polar surface area (TPSA) is 56.1 Å². The molecule has 0 spiro atoms. The van der Waals surface area contributed by atoms with Crippen molar-refractivity contribution in [2.75, 3.05) is 25.6 Å². The van der Waals surface area contributed by atoms with Gasteiger partial charge in [-0.05, 0) is 6.92 Å². The van der Waals surface area contributed by atoms with E-state index in [0.29, 0.717) is 25.4 Å². The van der Waals surface area contributed by atoms with Crippen molar-refractivity contribution in [1.29, 1.82) is 0 Å². The highest BCUT2D eigenvalue weighted by molar-refractivity contribution is 6.32. The normalized spacial score (nSPS) is 10.3. The first-order valence-corrected chi connectivity index (χ1v) is 5.57. The van der Waals surface area contributed by atoms with E-state index < -0.39 is 0 Å². The maximum Gasteiger partial charge on any atom is 0.287 e. The molecule has 0 radical (unpaired) electrons. The first-order chi connectivity index (χ1) is 8.06. The number of aromatic nitrogens is 2. The minimum atomic E-state index is -0.324. The lowest BCUT2D eigenvalue weighted by atomic mass is 10.3. The highest BCUT2D eigenvalue weighted by Crippen LogP contribution is 2.15. The van der Waals surface area contributed by atoms with E-state index in [1.165, 1.54) is 10.9 Å². The molecule has 1 aromatic heterocycles. The second-order valence-electron chi connectivity index (χ2n) is 3.70. The smallest absolute Gasteiger partial charge is 0.287 e. The number of nitrogens with zero attached hydrogens (tertiary/aromatic N) is 2. The number of nitrogens with one attached hydrogen (secondary N) is 1. The fraction of sp³-hybridized carbons (Fsp3) is 0.455.